The van der Waals surface area contributed by atoms with Crippen molar-refractivity contribution in [3.8, 4) is 5.75 Å². The molecule has 0 aliphatic carbocycles. The van der Waals surface area contributed by atoms with E-state index < -0.39 is 0 Å². The van der Waals surface area contributed by atoms with Gasteiger partial charge in [-0.15, -0.1) is 0 Å². The van der Waals surface area contributed by atoms with Crippen molar-refractivity contribution in [1.29, 1.82) is 0 Å². The molecule has 0 bridgehead atoms. The highest BCUT2D eigenvalue weighted by molar-refractivity contribution is 5.79. The molecule has 4 aromatic rings. The Labute approximate surface area is 180 Å². The van der Waals surface area contributed by atoms with E-state index in [1.165, 1.54) is 6.20 Å². The zero-order valence-electron chi connectivity index (χ0n) is 17.0. The molecule has 156 valence electrons. The normalized spacial score (nSPS) is 10.7. The molecule has 0 fully saturated rings. The average molecular weight is 413 g/mol. The van der Waals surface area contributed by atoms with E-state index in [9.17, 15) is 9.59 Å². The molecule has 6 heteroatoms. The Balaban J connectivity index is 1.34. The van der Waals surface area contributed by atoms with Crippen LogP contribution in [0.2, 0.25) is 0 Å². The van der Waals surface area contributed by atoms with E-state index in [4.69, 9.17) is 4.74 Å². The maximum Gasteiger partial charge on any atom is 0.222 e. The summed E-state index contributed by atoms with van der Waals surface area (Å²) in [5.74, 6) is 0.655. The van der Waals surface area contributed by atoms with Gasteiger partial charge in [0.05, 0.1) is 18.3 Å². The van der Waals surface area contributed by atoms with Gasteiger partial charge in [-0.25, -0.2) is 0 Å². The number of hydrogen-bond acceptors (Lipinski definition) is 4. The monoisotopic (exact) mass is 413 g/mol. The van der Waals surface area contributed by atoms with E-state index in [1.54, 1.807) is 10.7 Å². The fourth-order valence-electron chi connectivity index (χ4n) is 3.35. The maximum absolute atomic E-state index is 12.4. The average Bonchev–Trinajstić information content (AvgIpc) is 2.82. The molecule has 0 aliphatic heterocycles. The maximum atomic E-state index is 12.4. The predicted octanol–water partition coefficient (Wildman–Crippen LogP) is 3.68. The van der Waals surface area contributed by atoms with Crippen molar-refractivity contribution in [2.75, 3.05) is 0 Å². The van der Waals surface area contributed by atoms with Gasteiger partial charge in [-0.2, -0.15) is 5.10 Å². The third kappa shape index (κ3) is 5.17. The molecule has 1 aromatic heterocycles. The van der Waals surface area contributed by atoms with Crippen molar-refractivity contribution in [1.82, 2.24) is 15.1 Å². The first-order valence-corrected chi connectivity index (χ1v) is 10.2. The van der Waals surface area contributed by atoms with Gasteiger partial charge < -0.3 is 10.1 Å². The van der Waals surface area contributed by atoms with Gasteiger partial charge in [-0.05, 0) is 23.8 Å². The first-order chi connectivity index (χ1) is 15.2. The predicted molar refractivity (Wildman–Crippen MR) is 120 cm³/mol. The molecular weight excluding hydrogens is 390 g/mol. The number of fused-ring (bicyclic) bond motifs is 1. The first-order valence-electron chi connectivity index (χ1n) is 10.2. The second-order valence-electron chi connectivity index (χ2n) is 7.16. The standard InChI is InChI=1S/C25H23N3O3/c29-23-17-27-28(22-12-6-5-11-21(22)23)15-14-25(30)26-16-20-10-4-7-13-24(20)31-18-19-8-2-1-3-9-19/h1-13,17H,14-16,18H2,(H,26,30). The Morgan fingerprint density at radius 1 is 0.935 bits per heavy atom. The van der Waals surface area contributed by atoms with Gasteiger partial charge in [0.25, 0.3) is 0 Å². The van der Waals surface area contributed by atoms with Crippen molar-refractivity contribution in [2.24, 2.45) is 0 Å². The van der Waals surface area contributed by atoms with Crippen LogP contribution >= 0.6 is 0 Å². The summed E-state index contributed by atoms with van der Waals surface area (Å²) in [6.07, 6.45) is 1.55. The molecule has 0 radical (unpaired) electrons. The fourth-order valence-corrected chi connectivity index (χ4v) is 3.35. The molecule has 0 aliphatic rings. The van der Waals surface area contributed by atoms with Crippen LogP contribution < -0.4 is 15.5 Å². The van der Waals surface area contributed by atoms with Crippen LogP contribution in [-0.4, -0.2) is 15.7 Å². The Morgan fingerprint density at radius 3 is 2.55 bits per heavy atom. The second-order valence-corrected chi connectivity index (χ2v) is 7.16. The van der Waals surface area contributed by atoms with Crippen LogP contribution in [0.3, 0.4) is 0 Å². The number of carbonyl (C=O) groups is 1. The lowest BCUT2D eigenvalue weighted by molar-refractivity contribution is -0.121. The highest BCUT2D eigenvalue weighted by Crippen LogP contribution is 2.19. The van der Waals surface area contributed by atoms with Gasteiger partial charge in [-0.3, -0.25) is 14.3 Å². The molecule has 1 heterocycles. The van der Waals surface area contributed by atoms with Gasteiger partial charge >= 0.3 is 0 Å². The van der Waals surface area contributed by atoms with Crippen LogP contribution in [0.4, 0.5) is 0 Å². The number of hydrogen-bond donors (Lipinski definition) is 1. The summed E-state index contributed by atoms with van der Waals surface area (Å²) in [6.45, 7) is 1.23. The summed E-state index contributed by atoms with van der Waals surface area (Å²) in [5.41, 5.74) is 2.60. The lowest BCUT2D eigenvalue weighted by Crippen LogP contribution is -2.25. The SMILES string of the molecule is O=C(CCn1ncc(=O)c2ccccc21)NCc1ccccc1OCc1ccccc1. The third-order valence-electron chi connectivity index (χ3n) is 5.00. The summed E-state index contributed by atoms with van der Waals surface area (Å²) >= 11 is 0. The van der Waals surface area contributed by atoms with E-state index in [-0.39, 0.29) is 17.8 Å². The lowest BCUT2D eigenvalue weighted by atomic mass is 10.2. The highest BCUT2D eigenvalue weighted by Gasteiger charge is 2.08. The molecule has 31 heavy (non-hydrogen) atoms. The van der Waals surface area contributed by atoms with Gasteiger partial charge in [0.1, 0.15) is 12.4 Å². The summed E-state index contributed by atoms with van der Waals surface area (Å²) < 4.78 is 7.64. The van der Waals surface area contributed by atoms with Gasteiger partial charge in [0, 0.05) is 23.9 Å². The Morgan fingerprint density at radius 2 is 1.68 bits per heavy atom. The molecule has 0 saturated carbocycles. The molecular formula is C25H23N3O3. The minimum atomic E-state index is -0.122. The minimum absolute atomic E-state index is 0.0950. The molecule has 0 spiro atoms. The van der Waals surface area contributed by atoms with Gasteiger partial charge in [0.15, 0.2) is 0 Å². The largest absolute Gasteiger partial charge is 0.489 e. The number of carbonyl (C=O) groups excluding carboxylic acids is 1. The quantitative estimate of drug-likeness (QED) is 0.478. The van der Waals surface area contributed by atoms with Crippen molar-refractivity contribution in [2.45, 2.75) is 26.1 Å². The molecule has 0 unspecified atom stereocenters. The van der Waals surface area contributed by atoms with Gasteiger partial charge in [-0.1, -0.05) is 60.7 Å². The number of amides is 1. The molecule has 1 N–H and O–H groups in total. The Bertz CT molecular complexity index is 1240. The number of nitrogens with zero attached hydrogens (tertiary/aromatic N) is 2. The minimum Gasteiger partial charge on any atom is -0.489 e. The highest BCUT2D eigenvalue weighted by atomic mass is 16.5. The molecule has 1 amide bonds. The van der Waals surface area contributed by atoms with E-state index in [1.807, 2.05) is 72.8 Å². The second kappa shape index (κ2) is 9.71. The van der Waals surface area contributed by atoms with Crippen LogP contribution in [0.5, 0.6) is 5.75 Å². The molecule has 3 aromatic carbocycles. The topological polar surface area (TPSA) is 73.2 Å². The van der Waals surface area contributed by atoms with E-state index in [0.29, 0.717) is 25.1 Å². The van der Waals surface area contributed by atoms with Crippen LogP contribution in [0.1, 0.15) is 17.5 Å². The van der Waals surface area contributed by atoms with Crippen LogP contribution in [0.25, 0.3) is 10.9 Å². The zero-order valence-corrected chi connectivity index (χ0v) is 17.0. The Kier molecular flexibility index (Phi) is 6.38. The number of rotatable bonds is 8. The smallest absolute Gasteiger partial charge is 0.222 e. The van der Waals surface area contributed by atoms with Crippen molar-refractivity contribution in [3.05, 3.63) is 106 Å². The number of nitrogens with one attached hydrogen (secondary N) is 1. The number of aryl methyl sites for hydroxylation is 1. The summed E-state index contributed by atoms with van der Waals surface area (Å²) in [5, 5.41) is 7.71. The van der Waals surface area contributed by atoms with E-state index in [2.05, 4.69) is 10.4 Å². The van der Waals surface area contributed by atoms with Gasteiger partial charge in [0.2, 0.25) is 11.3 Å². The molecule has 0 saturated heterocycles. The molecule has 6 nitrogen and oxygen atoms in total. The molecule has 4 rings (SSSR count). The lowest BCUT2D eigenvalue weighted by Gasteiger charge is -2.13. The first kappa shape index (κ1) is 20.3. The van der Waals surface area contributed by atoms with Crippen LogP contribution in [-0.2, 0) is 24.5 Å². The number of aromatic nitrogens is 2. The van der Waals surface area contributed by atoms with Crippen molar-refractivity contribution >= 4 is 16.8 Å². The Hall–Kier alpha value is -3.93. The van der Waals surface area contributed by atoms with E-state index in [0.717, 1.165) is 22.4 Å². The summed E-state index contributed by atoms with van der Waals surface area (Å²) in [4.78, 5) is 24.4. The zero-order chi connectivity index (χ0) is 21.5. The van der Waals surface area contributed by atoms with Crippen LogP contribution in [0, 0.1) is 0 Å². The third-order valence-corrected chi connectivity index (χ3v) is 5.00. The fraction of sp³-hybridized carbons (Fsp3) is 0.160. The summed E-state index contributed by atoms with van der Waals surface area (Å²) in [6, 6.07) is 24.9. The van der Waals surface area contributed by atoms with Crippen molar-refractivity contribution < 1.29 is 9.53 Å². The molecule has 0 atom stereocenters. The number of ether oxygens (including phenoxy) is 1. The van der Waals surface area contributed by atoms with Crippen molar-refractivity contribution in [3.63, 3.8) is 0 Å². The summed E-state index contributed by atoms with van der Waals surface area (Å²) in [7, 11) is 0. The number of para-hydroxylation sites is 2. The number of benzene rings is 3. The van der Waals surface area contributed by atoms with E-state index >= 15 is 0 Å². The van der Waals surface area contributed by atoms with Crippen LogP contribution in [0.15, 0.2) is 89.9 Å².